The summed E-state index contributed by atoms with van der Waals surface area (Å²) in [4.78, 5) is 15.6. The molecule has 0 aliphatic rings. The number of ether oxygens (including phenoxy) is 1. The van der Waals surface area contributed by atoms with Crippen molar-refractivity contribution in [1.29, 1.82) is 0 Å². The fourth-order valence-corrected chi connectivity index (χ4v) is 1.39. The van der Waals surface area contributed by atoms with Crippen LogP contribution >= 0.6 is 15.9 Å². The van der Waals surface area contributed by atoms with Crippen LogP contribution in [0.3, 0.4) is 0 Å². The quantitative estimate of drug-likeness (QED) is 0.871. The predicted octanol–water partition coefficient (Wildman–Crippen LogP) is 3.16. The van der Waals surface area contributed by atoms with Crippen LogP contribution in [0.1, 0.15) is 45.4 Å². The molecule has 0 aliphatic carbocycles. The lowest BCUT2D eigenvalue weighted by Gasteiger charge is -2.21. The maximum atomic E-state index is 11.5. The molecule has 0 aliphatic heterocycles. The molecule has 1 unspecified atom stereocenters. The molecule has 0 bridgehead atoms. The third kappa shape index (κ3) is 4.77. The number of alkyl carbamates (subject to hydrolysis) is 1. The Labute approximate surface area is 109 Å². The minimum Gasteiger partial charge on any atom is -0.444 e. The van der Waals surface area contributed by atoms with Crippen LogP contribution in [0.5, 0.6) is 0 Å². The molecule has 0 fully saturated rings. The smallest absolute Gasteiger partial charge is 0.408 e. The van der Waals surface area contributed by atoms with Crippen LogP contribution in [0.25, 0.3) is 0 Å². The highest BCUT2D eigenvalue weighted by Crippen LogP contribution is 2.15. The first-order valence-corrected chi connectivity index (χ1v) is 6.44. The third-order valence-electron chi connectivity index (χ3n) is 1.81. The molecule has 96 valence electrons. The number of nitrogens with one attached hydrogen (secondary N) is 1. The first kappa shape index (κ1) is 14.0. The number of alkyl halides is 1. The molecule has 0 spiro atoms. The second-order valence-electron chi connectivity index (χ2n) is 4.67. The Kier molecular flexibility index (Phi) is 4.56. The van der Waals surface area contributed by atoms with E-state index in [-0.39, 0.29) is 6.04 Å². The Morgan fingerprint density at radius 3 is 2.76 bits per heavy atom. The van der Waals surface area contributed by atoms with Crippen molar-refractivity contribution >= 4 is 22.0 Å². The zero-order chi connectivity index (χ0) is 13.1. The summed E-state index contributed by atoms with van der Waals surface area (Å²) in [6.07, 6.45) is 1.14. The first-order chi connectivity index (χ1) is 7.81. The summed E-state index contributed by atoms with van der Waals surface area (Å²) in [5.74, 6) is 1.18. The lowest BCUT2D eigenvalue weighted by atomic mass is 10.2. The van der Waals surface area contributed by atoms with Gasteiger partial charge < -0.3 is 14.5 Å². The Balaban J connectivity index is 2.54. The highest BCUT2D eigenvalue weighted by Gasteiger charge is 2.20. The number of halogens is 1. The molecule has 1 rings (SSSR count). The van der Waals surface area contributed by atoms with Crippen LogP contribution in [0.4, 0.5) is 4.79 Å². The van der Waals surface area contributed by atoms with Crippen molar-refractivity contribution in [1.82, 2.24) is 10.3 Å². The summed E-state index contributed by atoms with van der Waals surface area (Å²) in [6.45, 7) is 7.22. The minimum atomic E-state index is -0.512. The van der Waals surface area contributed by atoms with E-state index in [1.165, 1.54) is 0 Å². The second kappa shape index (κ2) is 5.53. The summed E-state index contributed by atoms with van der Waals surface area (Å²) in [6, 6.07) is -0.322. The molecule has 0 radical (unpaired) electrons. The Morgan fingerprint density at radius 1 is 1.65 bits per heavy atom. The second-order valence-corrected chi connectivity index (χ2v) is 5.23. The van der Waals surface area contributed by atoms with Crippen LogP contribution in [0.15, 0.2) is 10.6 Å². The third-order valence-corrected chi connectivity index (χ3v) is 2.36. The van der Waals surface area contributed by atoms with E-state index in [0.29, 0.717) is 11.2 Å². The van der Waals surface area contributed by atoms with Gasteiger partial charge >= 0.3 is 6.09 Å². The zero-order valence-electron chi connectivity index (χ0n) is 10.4. The molecular weight excluding hydrogens is 288 g/mol. The Morgan fingerprint density at radius 2 is 2.29 bits per heavy atom. The molecule has 1 aromatic heterocycles. The number of oxazole rings is 1. The topological polar surface area (TPSA) is 64.4 Å². The summed E-state index contributed by atoms with van der Waals surface area (Å²) >= 11 is 3.26. The normalized spacial score (nSPS) is 13.2. The molecule has 0 aromatic carbocycles. The van der Waals surface area contributed by atoms with Crippen molar-refractivity contribution in [3.05, 3.63) is 17.8 Å². The fraction of sp³-hybridized carbons (Fsp3) is 0.636. The van der Waals surface area contributed by atoms with Gasteiger partial charge in [-0.1, -0.05) is 15.9 Å². The van der Waals surface area contributed by atoms with E-state index < -0.39 is 11.7 Å². The number of hydrogen-bond donors (Lipinski definition) is 1. The lowest BCUT2D eigenvalue weighted by Crippen LogP contribution is -2.34. The van der Waals surface area contributed by atoms with Gasteiger partial charge in [0.05, 0.1) is 11.5 Å². The molecule has 5 nitrogen and oxygen atoms in total. The largest absolute Gasteiger partial charge is 0.444 e. The van der Waals surface area contributed by atoms with E-state index in [9.17, 15) is 4.79 Å². The molecule has 1 atom stereocenters. The fourth-order valence-electron chi connectivity index (χ4n) is 1.13. The van der Waals surface area contributed by atoms with E-state index in [0.717, 1.165) is 5.76 Å². The van der Waals surface area contributed by atoms with Crippen molar-refractivity contribution < 1.29 is 13.9 Å². The summed E-state index contributed by atoms with van der Waals surface area (Å²) in [7, 11) is 0. The summed E-state index contributed by atoms with van der Waals surface area (Å²) in [5.41, 5.74) is -0.512. The average Bonchev–Trinajstić information content (AvgIpc) is 2.62. The molecule has 6 heteroatoms. The number of nitrogens with zero attached hydrogens (tertiary/aromatic N) is 1. The number of rotatable bonds is 3. The molecule has 0 saturated carbocycles. The van der Waals surface area contributed by atoms with Gasteiger partial charge in [-0.3, -0.25) is 0 Å². The summed E-state index contributed by atoms with van der Waals surface area (Å²) in [5, 5.41) is 3.25. The van der Waals surface area contributed by atoms with Gasteiger partial charge in [-0.15, -0.1) is 0 Å². The number of carbonyl (C=O) groups excluding carboxylic acids is 1. The molecule has 0 saturated heterocycles. The zero-order valence-corrected chi connectivity index (χ0v) is 12.0. The van der Waals surface area contributed by atoms with Crippen molar-refractivity contribution in [2.75, 3.05) is 0 Å². The highest BCUT2D eigenvalue weighted by molar-refractivity contribution is 9.08. The molecule has 1 amide bonds. The van der Waals surface area contributed by atoms with Crippen LogP contribution in [-0.4, -0.2) is 16.7 Å². The monoisotopic (exact) mass is 304 g/mol. The van der Waals surface area contributed by atoms with Crippen LogP contribution < -0.4 is 5.32 Å². The Bertz CT molecular complexity index is 384. The molecule has 1 aromatic rings. The first-order valence-electron chi connectivity index (χ1n) is 5.32. The average molecular weight is 305 g/mol. The number of amides is 1. The van der Waals surface area contributed by atoms with Gasteiger partial charge in [0, 0.05) is 0 Å². The van der Waals surface area contributed by atoms with E-state index in [1.807, 2.05) is 20.8 Å². The predicted molar refractivity (Wildman–Crippen MR) is 66.9 cm³/mol. The van der Waals surface area contributed by atoms with Crippen LogP contribution in [-0.2, 0) is 10.1 Å². The van der Waals surface area contributed by atoms with E-state index in [2.05, 4.69) is 26.2 Å². The van der Waals surface area contributed by atoms with Crippen LogP contribution in [0, 0.1) is 0 Å². The maximum Gasteiger partial charge on any atom is 0.408 e. The van der Waals surface area contributed by atoms with Gasteiger partial charge in [0.2, 0.25) is 5.89 Å². The SMILES string of the molecule is CC(NC(=O)OC(C)(C)C)c1ncc(CBr)o1. The molecule has 1 heterocycles. The number of carbonyl (C=O) groups is 1. The van der Waals surface area contributed by atoms with Crippen LogP contribution in [0.2, 0.25) is 0 Å². The number of aromatic nitrogens is 1. The van der Waals surface area contributed by atoms with Crippen molar-refractivity contribution in [2.45, 2.75) is 44.7 Å². The molecule has 1 N–H and O–H groups in total. The van der Waals surface area contributed by atoms with Gasteiger partial charge in [-0.25, -0.2) is 9.78 Å². The maximum absolute atomic E-state index is 11.5. The molecular formula is C11H17BrN2O3. The van der Waals surface area contributed by atoms with Crippen molar-refractivity contribution in [3.63, 3.8) is 0 Å². The van der Waals surface area contributed by atoms with Crippen molar-refractivity contribution in [2.24, 2.45) is 0 Å². The lowest BCUT2D eigenvalue weighted by molar-refractivity contribution is 0.0500. The van der Waals surface area contributed by atoms with Gasteiger partial charge in [0.25, 0.3) is 0 Å². The van der Waals surface area contributed by atoms with E-state index >= 15 is 0 Å². The van der Waals surface area contributed by atoms with Gasteiger partial charge in [0.15, 0.2) is 0 Å². The van der Waals surface area contributed by atoms with Gasteiger partial charge in [-0.2, -0.15) is 0 Å². The summed E-state index contributed by atoms with van der Waals surface area (Å²) < 4.78 is 10.5. The molecule has 17 heavy (non-hydrogen) atoms. The number of hydrogen-bond acceptors (Lipinski definition) is 4. The minimum absolute atomic E-state index is 0.322. The van der Waals surface area contributed by atoms with Crippen molar-refractivity contribution in [3.8, 4) is 0 Å². The van der Waals surface area contributed by atoms with Gasteiger partial charge in [0.1, 0.15) is 17.4 Å². The van der Waals surface area contributed by atoms with E-state index in [1.54, 1.807) is 13.1 Å². The highest BCUT2D eigenvalue weighted by atomic mass is 79.9. The Hall–Kier alpha value is -1.04. The van der Waals surface area contributed by atoms with E-state index in [4.69, 9.17) is 9.15 Å². The standard InChI is InChI=1S/C11H17BrN2O3/c1-7(9-13-6-8(5-12)16-9)14-10(15)17-11(2,3)4/h6-7H,5H2,1-4H3,(H,14,15). The van der Waals surface area contributed by atoms with Gasteiger partial charge in [-0.05, 0) is 27.7 Å².